The third kappa shape index (κ3) is 2.86. The summed E-state index contributed by atoms with van der Waals surface area (Å²) in [6.07, 6.45) is 4.28. The van der Waals surface area contributed by atoms with E-state index in [1.54, 1.807) is 6.33 Å². The smallest absolute Gasteiger partial charge is 0.382 e. The molecule has 2 aromatic heterocycles. The van der Waals surface area contributed by atoms with Crippen LogP contribution < -0.4 is 5.73 Å². The Labute approximate surface area is 121 Å². The molecule has 3 heterocycles. The molecule has 0 radical (unpaired) electrons. The van der Waals surface area contributed by atoms with E-state index < -0.39 is 8.25 Å². The number of fused-ring (bicyclic) bond motifs is 1. The van der Waals surface area contributed by atoms with Crippen LogP contribution in [0.1, 0.15) is 19.1 Å². The molecule has 0 spiro atoms. The lowest BCUT2D eigenvalue weighted by Gasteiger charge is -2.13. The van der Waals surface area contributed by atoms with Gasteiger partial charge in [0.05, 0.1) is 19.5 Å². The van der Waals surface area contributed by atoms with Gasteiger partial charge in [-0.1, -0.05) is 0 Å². The van der Waals surface area contributed by atoms with Crippen LogP contribution in [0.4, 0.5) is 5.82 Å². The number of nitrogens with two attached hydrogens (primary N) is 1. The van der Waals surface area contributed by atoms with Gasteiger partial charge in [0.1, 0.15) is 24.7 Å². The number of ether oxygens (including phenoxy) is 1. The number of rotatable bonds is 5. The molecule has 9 nitrogen and oxygen atoms in total. The Morgan fingerprint density at radius 1 is 1.48 bits per heavy atom. The van der Waals surface area contributed by atoms with Gasteiger partial charge in [-0.3, -0.25) is 4.57 Å². The van der Waals surface area contributed by atoms with Gasteiger partial charge >= 0.3 is 8.25 Å². The molecule has 3 atom stereocenters. The van der Waals surface area contributed by atoms with Crippen LogP contribution in [0.2, 0.25) is 0 Å². The molecule has 0 aromatic carbocycles. The van der Waals surface area contributed by atoms with Crippen molar-refractivity contribution in [3.63, 3.8) is 0 Å². The maximum Gasteiger partial charge on any atom is 0.697 e. The van der Waals surface area contributed by atoms with E-state index in [9.17, 15) is 4.57 Å². The monoisotopic (exact) mass is 312 g/mol. The first kappa shape index (κ1) is 14.3. The third-order valence-corrected chi connectivity index (χ3v) is 3.96. The summed E-state index contributed by atoms with van der Waals surface area (Å²) in [4.78, 5) is 12.3. The summed E-state index contributed by atoms with van der Waals surface area (Å²) in [5.74, 6) is 0.341. The van der Waals surface area contributed by atoms with Gasteiger partial charge < -0.3 is 10.5 Å². The lowest BCUT2D eigenvalue weighted by atomic mass is 10.2. The minimum Gasteiger partial charge on any atom is -0.382 e. The molecule has 2 aromatic rings. The van der Waals surface area contributed by atoms with Crippen LogP contribution in [0.5, 0.6) is 0 Å². The van der Waals surface area contributed by atoms with Crippen molar-refractivity contribution in [3.05, 3.63) is 12.7 Å². The molecule has 1 fully saturated rings. The lowest BCUT2D eigenvalue weighted by molar-refractivity contribution is -0.0166. The fourth-order valence-electron chi connectivity index (χ4n) is 2.29. The summed E-state index contributed by atoms with van der Waals surface area (Å²) in [5.41, 5.74) is 6.95. The van der Waals surface area contributed by atoms with Crippen LogP contribution in [0.3, 0.4) is 0 Å². The van der Waals surface area contributed by atoms with Crippen LogP contribution in [-0.2, 0) is 18.3 Å². The molecule has 1 unspecified atom stereocenters. The molecule has 1 aliphatic heterocycles. The van der Waals surface area contributed by atoms with E-state index in [1.807, 2.05) is 4.57 Å². The molecule has 1 saturated heterocycles. The van der Waals surface area contributed by atoms with Gasteiger partial charge in [0, 0.05) is 4.57 Å². The minimum atomic E-state index is -2.07. The van der Waals surface area contributed by atoms with Gasteiger partial charge in [0.15, 0.2) is 11.5 Å². The number of hydrogen-bond acceptors (Lipinski definition) is 8. The molecular weight excluding hydrogens is 297 g/mol. The zero-order valence-electron chi connectivity index (χ0n) is 11.4. The van der Waals surface area contributed by atoms with Gasteiger partial charge in [-0.05, 0) is 12.8 Å². The number of imidazole rings is 1. The van der Waals surface area contributed by atoms with Crippen molar-refractivity contribution < 1.29 is 18.3 Å². The van der Waals surface area contributed by atoms with Gasteiger partial charge in [0.25, 0.3) is 0 Å². The van der Waals surface area contributed by atoms with Crippen molar-refractivity contribution in [2.45, 2.75) is 25.2 Å². The molecule has 3 rings (SSSR count). The Hall–Kier alpha value is -1.67. The maximum atomic E-state index is 11.1. The Morgan fingerprint density at radius 2 is 2.33 bits per heavy atom. The van der Waals surface area contributed by atoms with E-state index in [1.165, 1.54) is 13.4 Å². The predicted octanol–water partition coefficient (Wildman–Crippen LogP) is 1.41. The average Bonchev–Trinajstić information content (AvgIpc) is 3.11. The fourth-order valence-corrected chi connectivity index (χ4v) is 2.68. The maximum absolute atomic E-state index is 11.1. The first-order valence-corrected chi connectivity index (χ1v) is 7.51. The second-order valence-corrected chi connectivity index (χ2v) is 5.65. The Balaban J connectivity index is 1.70. The Bertz CT molecular complexity index is 663. The molecule has 0 bridgehead atoms. The summed E-state index contributed by atoms with van der Waals surface area (Å²) in [5, 5.41) is 0. The number of nitrogen functional groups attached to an aromatic ring is 1. The fraction of sp³-hybridized carbons (Fsp3) is 0.545. The highest BCUT2D eigenvalue weighted by atomic mass is 31.1. The second-order valence-electron chi connectivity index (χ2n) is 4.58. The largest absolute Gasteiger partial charge is 0.697 e. The van der Waals surface area contributed by atoms with Crippen LogP contribution in [-0.4, -0.2) is 39.3 Å². The zero-order valence-corrected chi connectivity index (χ0v) is 12.3. The summed E-state index contributed by atoms with van der Waals surface area (Å²) in [6, 6.07) is 0. The molecule has 0 aliphatic carbocycles. The van der Waals surface area contributed by atoms with E-state index in [4.69, 9.17) is 15.0 Å². The first-order chi connectivity index (χ1) is 10.2. The second kappa shape index (κ2) is 5.98. The molecule has 10 heteroatoms. The summed E-state index contributed by atoms with van der Waals surface area (Å²) in [6.45, 7) is 0.225. The van der Waals surface area contributed by atoms with E-state index in [2.05, 4.69) is 19.5 Å². The minimum absolute atomic E-state index is 0.138. The van der Waals surface area contributed by atoms with E-state index >= 15 is 0 Å². The van der Waals surface area contributed by atoms with Gasteiger partial charge in [-0.2, -0.15) is 0 Å². The highest BCUT2D eigenvalue weighted by Crippen LogP contribution is 2.32. The zero-order chi connectivity index (χ0) is 14.8. The number of aromatic nitrogens is 4. The normalized spacial score (nSPS) is 22.8. The van der Waals surface area contributed by atoms with Crippen LogP contribution >= 0.6 is 8.25 Å². The highest BCUT2D eigenvalue weighted by Gasteiger charge is 2.31. The Morgan fingerprint density at radius 3 is 3.14 bits per heavy atom. The standard InChI is InChI=1S/C11H15N5O4P/c1-18-21(17)19-4-7-2-3-8(20-7)16-6-15-9-10(12)13-5-14-11(9)16/h5-8H,2-4H2,1H3,(H2,12,13,14)/q+1/t7-,8+/m1/s1. The van der Waals surface area contributed by atoms with Crippen molar-refractivity contribution in [3.8, 4) is 0 Å². The van der Waals surface area contributed by atoms with E-state index in [0.29, 0.717) is 17.0 Å². The molecule has 0 saturated carbocycles. The average molecular weight is 312 g/mol. The quantitative estimate of drug-likeness (QED) is 0.824. The predicted molar refractivity (Wildman–Crippen MR) is 73.4 cm³/mol. The number of anilines is 1. The third-order valence-electron chi connectivity index (χ3n) is 3.30. The van der Waals surface area contributed by atoms with Crippen molar-refractivity contribution in [2.75, 3.05) is 19.5 Å². The van der Waals surface area contributed by atoms with E-state index in [-0.39, 0.29) is 18.9 Å². The van der Waals surface area contributed by atoms with Crippen LogP contribution in [0, 0.1) is 0 Å². The molecular formula is C11H15N5O4P+. The first-order valence-electron chi connectivity index (χ1n) is 6.41. The topological polar surface area (TPSA) is 114 Å². The summed E-state index contributed by atoms with van der Waals surface area (Å²) >= 11 is 0. The Kier molecular flexibility index (Phi) is 4.07. The summed E-state index contributed by atoms with van der Waals surface area (Å²) < 4.78 is 28.4. The van der Waals surface area contributed by atoms with Crippen LogP contribution in [0.25, 0.3) is 11.2 Å². The SMILES string of the molecule is CO[P+](=O)OC[C@H]1CC[C@@H](n2cnc3c(N)ncnc32)O1. The van der Waals surface area contributed by atoms with Gasteiger partial charge in [-0.25, -0.2) is 15.0 Å². The highest BCUT2D eigenvalue weighted by molar-refractivity contribution is 7.33. The molecule has 1 aliphatic rings. The van der Waals surface area contributed by atoms with Gasteiger partial charge in [-0.15, -0.1) is 9.05 Å². The molecule has 2 N–H and O–H groups in total. The molecule has 0 amide bonds. The van der Waals surface area contributed by atoms with Crippen LogP contribution in [0.15, 0.2) is 12.7 Å². The molecule has 112 valence electrons. The number of nitrogens with zero attached hydrogens (tertiary/aromatic N) is 4. The van der Waals surface area contributed by atoms with Crippen molar-refractivity contribution in [1.29, 1.82) is 0 Å². The summed E-state index contributed by atoms with van der Waals surface area (Å²) in [7, 11) is -0.741. The molecule has 21 heavy (non-hydrogen) atoms. The van der Waals surface area contributed by atoms with Crippen molar-refractivity contribution in [1.82, 2.24) is 19.5 Å². The van der Waals surface area contributed by atoms with Crippen molar-refractivity contribution in [2.24, 2.45) is 0 Å². The van der Waals surface area contributed by atoms with E-state index in [0.717, 1.165) is 12.8 Å². The number of hydrogen-bond donors (Lipinski definition) is 1. The lowest BCUT2D eigenvalue weighted by Crippen LogP contribution is -2.15. The van der Waals surface area contributed by atoms with Gasteiger partial charge in [0.2, 0.25) is 0 Å². The van der Waals surface area contributed by atoms with Crippen molar-refractivity contribution >= 4 is 25.2 Å².